The Hall–Kier alpha value is -0.570. The number of hydrogen-bond donors (Lipinski definition) is 1. The van der Waals surface area contributed by atoms with Crippen molar-refractivity contribution >= 4 is 5.97 Å². The second kappa shape index (κ2) is 11.9. The second-order valence-corrected chi connectivity index (χ2v) is 4.61. The maximum absolute atomic E-state index is 10.9. The summed E-state index contributed by atoms with van der Waals surface area (Å²) in [5.41, 5.74) is 0. The van der Waals surface area contributed by atoms with Crippen molar-refractivity contribution in [1.82, 2.24) is 0 Å². The molecular formula is C14H28O3. The number of carbonyl (C=O) groups is 1. The molecule has 0 aliphatic rings. The molecule has 17 heavy (non-hydrogen) atoms. The van der Waals surface area contributed by atoms with Gasteiger partial charge in [-0.3, -0.25) is 0 Å². The fourth-order valence-electron chi connectivity index (χ4n) is 1.83. The van der Waals surface area contributed by atoms with Gasteiger partial charge >= 0.3 is 5.97 Å². The number of unbranched alkanes of at least 4 members (excludes halogenated alkanes) is 6. The van der Waals surface area contributed by atoms with E-state index in [1.807, 2.05) is 6.92 Å². The summed E-state index contributed by atoms with van der Waals surface area (Å²) in [6.07, 6.45) is 9.43. The Labute approximate surface area is 106 Å². The van der Waals surface area contributed by atoms with E-state index in [4.69, 9.17) is 9.84 Å². The fourth-order valence-corrected chi connectivity index (χ4v) is 1.83. The monoisotopic (exact) mass is 244 g/mol. The Balaban J connectivity index is 3.44. The Morgan fingerprint density at radius 2 is 1.59 bits per heavy atom. The molecule has 0 aromatic carbocycles. The third kappa shape index (κ3) is 10.3. The van der Waals surface area contributed by atoms with Gasteiger partial charge in [-0.2, -0.15) is 0 Å². The van der Waals surface area contributed by atoms with Crippen LogP contribution >= 0.6 is 0 Å². The Kier molecular flexibility index (Phi) is 11.5. The normalized spacial score (nSPS) is 12.6. The third-order valence-corrected chi connectivity index (χ3v) is 2.87. The van der Waals surface area contributed by atoms with Crippen molar-refractivity contribution in [3.8, 4) is 0 Å². The highest BCUT2D eigenvalue weighted by atomic mass is 16.5. The van der Waals surface area contributed by atoms with E-state index in [0.717, 1.165) is 19.3 Å². The standard InChI is InChI=1S/C14H28O3/c1-3-5-6-7-8-9-10-11-13(14(15)16)17-12-4-2/h13H,3-12H2,1-2H3,(H,15,16). The molecule has 102 valence electrons. The van der Waals surface area contributed by atoms with Crippen LogP contribution in [0.15, 0.2) is 0 Å². The Bertz CT molecular complexity index is 180. The van der Waals surface area contributed by atoms with Crippen LogP contribution in [0.2, 0.25) is 0 Å². The summed E-state index contributed by atoms with van der Waals surface area (Å²) in [6, 6.07) is 0. The molecule has 1 unspecified atom stereocenters. The van der Waals surface area contributed by atoms with Gasteiger partial charge in [-0.05, 0) is 12.8 Å². The van der Waals surface area contributed by atoms with Crippen molar-refractivity contribution in [3.63, 3.8) is 0 Å². The van der Waals surface area contributed by atoms with Gasteiger partial charge in [-0.15, -0.1) is 0 Å². The predicted octanol–water partition coefficient (Wildman–Crippen LogP) is 4.01. The van der Waals surface area contributed by atoms with E-state index in [1.54, 1.807) is 0 Å². The number of aliphatic carboxylic acids is 1. The molecule has 3 nitrogen and oxygen atoms in total. The van der Waals surface area contributed by atoms with Gasteiger partial charge in [0.25, 0.3) is 0 Å². The summed E-state index contributed by atoms with van der Waals surface area (Å²) in [7, 11) is 0. The molecule has 0 radical (unpaired) electrons. The Morgan fingerprint density at radius 3 is 2.12 bits per heavy atom. The molecule has 0 aromatic heterocycles. The van der Waals surface area contributed by atoms with E-state index in [1.165, 1.54) is 32.1 Å². The smallest absolute Gasteiger partial charge is 0.332 e. The minimum Gasteiger partial charge on any atom is -0.479 e. The van der Waals surface area contributed by atoms with Gasteiger partial charge in [0.2, 0.25) is 0 Å². The zero-order chi connectivity index (χ0) is 12.9. The SMILES string of the molecule is CCCCCCCCCC(OCCC)C(=O)O. The first-order valence-corrected chi connectivity index (χ1v) is 7.06. The molecular weight excluding hydrogens is 216 g/mol. The fraction of sp³-hybridized carbons (Fsp3) is 0.929. The van der Waals surface area contributed by atoms with E-state index in [0.29, 0.717) is 13.0 Å². The summed E-state index contributed by atoms with van der Waals surface area (Å²) in [6.45, 7) is 4.75. The molecule has 0 fully saturated rings. The molecule has 1 N–H and O–H groups in total. The lowest BCUT2D eigenvalue weighted by atomic mass is 10.1. The number of carboxylic acid groups (broad SMARTS) is 1. The maximum Gasteiger partial charge on any atom is 0.332 e. The van der Waals surface area contributed by atoms with Gasteiger partial charge in [0, 0.05) is 6.61 Å². The number of rotatable bonds is 12. The molecule has 0 bridgehead atoms. The van der Waals surface area contributed by atoms with Crippen molar-refractivity contribution in [2.45, 2.75) is 77.7 Å². The highest BCUT2D eigenvalue weighted by Crippen LogP contribution is 2.11. The first kappa shape index (κ1) is 16.4. The number of hydrogen-bond acceptors (Lipinski definition) is 2. The number of carboxylic acids is 1. The molecule has 1 atom stereocenters. The van der Waals surface area contributed by atoms with Gasteiger partial charge in [0.1, 0.15) is 0 Å². The van der Waals surface area contributed by atoms with Crippen LogP contribution < -0.4 is 0 Å². The van der Waals surface area contributed by atoms with Gasteiger partial charge in [-0.25, -0.2) is 4.79 Å². The Morgan fingerprint density at radius 1 is 1.00 bits per heavy atom. The molecule has 0 heterocycles. The van der Waals surface area contributed by atoms with Crippen LogP contribution in [0.3, 0.4) is 0 Å². The molecule has 3 heteroatoms. The minimum atomic E-state index is -0.815. The summed E-state index contributed by atoms with van der Waals surface area (Å²) < 4.78 is 5.30. The van der Waals surface area contributed by atoms with E-state index in [9.17, 15) is 4.79 Å². The van der Waals surface area contributed by atoms with Crippen molar-refractivity contribution in [3.05, 3.63) is 0 Å². The summed E-state index contributed by atoms with van der Waals surface area (Å²) in [5, 5.41) is 8.95. The van der Waals surface area contributed by atoms with Gasteiger partial charge in [0.05, 0.1) is 0 Å². The average Bonchev–Trinajstić information content (AvgIpc) is 2.31. The van der Waals surface area contributed by atoms with Crippen LogP contribution in [-0.2, 0) is 9.53 Å². The molecule has 0 rings (SSSR count). The van der Waals surface area contributed by atoms with E-state index in [-0.39, 0.29) is 0 Å². The molecule has 0 saturated carbocycles. The first-order valence-electron chi connectivity index (χ1n) is 7.06. The minimum absolute atomic E-state index is 0.549. The summed E-state index contributed by atoms with van der Waals surface area (Å²) in [5.74, 6) is -0.815. The van der Waals surface area contributed by atoms with E-state index >= 15 is 0 Å². The largest absolute Gasteiger partial charge is 0.479 e. The number of ether oxygens (including phenoxy) is 1. The van der Waals surface area contributed by atoms with E-state index < -0.39 is 12.1 Å². The van der Waals surface area contributed by atoms with Gasteiger partial charge in [0.15, 0.2) is 6.10 Å². The van der Waals surface area contributed by atoms with Crippen LogP contribution in [0.25, 0.3) is 0 Å². The molecule has 0 aliphatic heterocycles. The van der Waals surface area contributed by atoms with Gasteiger partial charge < -0.3 is 9.84 Å². The van der Waals surface area contributed by atoms with Crippen molar-refractivity contribution in [2.75, 3.05) is 6.61 Å². The van der Waals surface area contributed by atoms with E-state index in [2.05, 4.69) is 6.92 Å². The lowest BCUT2D eigenvalue weighted by Gasteiger charge is -2.12. The third-order valence-electron chi connectivity index (χ3n) is 2.87. The van der Waals surface area contributed by atoms with Gasteiger partial charge in [-0.1, -0.05) is 58.8 Å². The van der Waals surface area contributed by atoms with Crippen molar-refractivity contribution < 1.29 is 14.6 Å². The molecule has 0 aromatic rings. The zero-order valence-electron chi connectivity index (χ0n) is 11.4. The highest BCUT2D eigenvalue weighted by Gasteiger charge is 2.16. The topological polar surface area (TPSA) is 46.5 Å². The van der Waals surface area contributed by atoms with Crippen LogP contribution in [0.5, 0.6) is 0 Å². The van der Waals surface area contributed by atoms with Crippen LogP contribution in [0, 0.1) is 0 Å². The maximum atomic E-state index is 10.9. The lowest BCUT2D eigenvalue weighted by molar-refractivity contribution is -0.150. The average molecular weight is 244 g/mol. The lowest BCUT2D eigenvalue weighted by Crippen LogP contribution is -2.24. The van der Waals surface area contributed by atoms with Crippen LogP contribution in [0.1, 0.15) is 71.6 Å². The van der Waals surface area contributed by atoms with Crippen molar-refractivity contribution in [2.24, 2.45) is 0 Å². The summed E-state index contributed by atoms with van der Waals surface area (Å²) in [4.78, 5) is 10.9. The van der Waals surface area contributed by atoms with Crippen molar-refractivity contribution in [1.29, 1.82) is 0 Å². The first-order chi connectivity index (χ1) is 8.22. The molecule has 0 saturated heterocycles. The van der Waals surface area contributed by atoms with Crippen LogP contribution in [-0.4, -0.2) is 23.8 Å². The molecule has 0 amide bonds. The highest BCUT2D eigenvalue weighted by molar-refractivity contribution is 5.72. The zero-order valence-corrected chi connectivity index (χ0v) is 11.4. The molecule has 0 spiro atoms. The molecule has 0 aliphatic carbocycles. The quantitative estimate of drug-likeness (QED) is 0.528. The van der Waals surface area contributed by atoms with Crippen LogP contribution in [0.4, 0.5) is 0 Å². The summed E-state index contributed by atoms with van der Waals surface area (Å²) >= 11 is 0. The predicted molar refractivity (Wildman–Crippen MR) is 70.3 cm³/mol. The second-order valence-electron chi connectivity index (χ2n) is 4.61.